The minimum Gasteiger partial charge on any atom is -0.427 e. The molecule has 1 aliphatic rings. The van der Waals surface area contributed by atoms with Crippen LogP contribution in [0.25, 0.3) is 0 Å². The molecule has 0 radical (unpaired) electrons. The predicted molar refractivity (Wildman–Crippen MR) is 120 cm³/mol. The molecule has 32 heavy (non-hydrogen) atoms. The average molecular weight is 457 g/mol. The van der Waals surface area contributed by atoms with Crippen LogP contribution < -0.4 is 9.64 Å². The third kappa shape index (κ3) is 5.53. The molecular weight excluding hydrogens is 432 g/mol. The maximum absolute atomic E-state index is 13.2. The van der Waals surface area contributed by atoms with Gasteiger partial charge in [0.05, 0.1) is 12.1 Å². The van der Waals surface area contributed by atoms with Crippen LogP contribution in [0.1, 0.15) is 38.7 Å². The summed E-state index contributed by atoms with van der Waals surface area (Å²) >= 11 is 6.05. The highest BCUT2D eigenvalue weighted by molar-refractivity contribution is 6.30. The Bertz CT molecular complexity index is 1020. The van der Waals surface area contributed by atoms with Crippen LogP contribution >= 0.6 is 11.6 Å². The zero-order chi connectivity index (χ0) is 23.3. The molecule has 0 bridgehead atoms. The van der Waals surface area contributed by atoms with Crippen molar-refractivity contribution in [2.75, 3.05) is 11.4 Å². The predicted octanol–water partition coefficient (Wildman–Crippen LogP) is 3.77. The van der Waals surface area contributed by atoms with E-state index in [9.17, 15) is 19.2 Å². The van der Waals surface area contributed by atoms with Gasteiger partial charge < -0.3 is 9.64 Å². The van der Waals surface area contributed by atoms with Crippen LogP contribution in [0.5, 0.6) is 5.75 Å². The van der Waals surface area contributed by atoms with Crippen molar-refractivity contribution in [2.45, 2.75) is 45.6 Å². The molecule has 3 amide bonds. The van der Waals surface area contributed by atoms with Gasteiger partial charge in [0, 0.05) is 24.9 Å². The van der Waals surface area contributed by atoms with Crippen LogP contribution in [0.2, 0.25) is 5.02 Å². The fourth-order valence-electron chi connectivity index (χ4n) is 3.71. The molecule has 1 saturated heterocycles. The fraction of sp³-hybridized carbons (Fsp3) is 0.333. The second-order valence-corrected chi connectivity index (χ2v) is 8.03. The molecule has 1 aliphatic heterocycles. The highest BCUT2D eigenvalue weighted by atomic mass is 35.5. The van der Waals surface area contributed by atoms with E-state index in [-0.39, 0.29) is 18.2 Å². The van der Waals surface area contributed by atoms with Gasteiger partial charge in [0.15, 0.2) is 0 Å². The molecule has 0 aromatic heterocycles. The lowest BCUT2D eigenvalue weighted by atomic mass is 10.1. The van der Waals surface area contributed by atoms with Crippen LogP contribution in [0, 0.1) is 0 Å². The Hall–Kier alpha value is -3.19. The van der Waals surface area contributed by atoms with E-state index in [1.54, 1.807) is 18.2 Å². The molecule has 0 N–H and O–H groups in total. The molecule has 1 fully saturated rings. The SMILES string of the molecule is CCCC(=O)N(CCc1cccc(Cl)c1)C1CC(=O)N(c2ccc(OC(C)=O)cc2)C1=O. The van der Waals surface area contributed by atoms with E-state index in [0.29, 0.717) is 42.3 Å². The van der Waals surface area contributed by atoms with Gasteiger partial charge in [0.25, 0.3) is 5.91 Å². The van der Waals surface area contributed by atoms with Crippen molar-refractivity contribution in [1.82, 2.24) is 4.90 Å². The lowest BCUT2D eigenvalue weighted by Gasteiger charge is -2.28. The highest BCUT2D eigenvalue weighted by Gasteiger charge is 2.44. The van der Waals surface area contributed by atoms with Gasteiger partial charge in [0.1, 0.15) is 11.8 Å². The number of halogens is 1. The number of amides is 3. The molecule has 1 unspecified atom stereocenters. The van der Waals surface area contributed by atoms with Gasteiger partial charge in [-0.05, 0) is 54.8 Å². The molecule has 0 aliphatic carbocycles. The van der Waals surface area contributed by atoms with Crippen molar-refractivity contribution in [3.63, 3.8) is 0 Å². The van der Waals surface area contributed by atoms with Crippen LogP contribution in [0.15, 0.2) is 48.5 Å². The Kier molecular flexibility index (Phi) is 7.64. The Morgan fingerprint density at radius 2 is 1.88 bits per heavy atom. The van der Waals surface area contributed by atoms with Gasteiger partial charge in [0.2, 0.25) is 11.8 Å². The maximum atomic E-state index is 13.2. The van der Waals surface area contributed by atoms with Crippen LogP contribution in [0.3, 0.4) is 0 Å². The molecule has 2 aromatic carbocycles. The molecule has 1 heterocycles. The zero-order valence-electron chi connectivity index (χ0n) is 18.0. The quantitative estimate of drug-likeness (QED) is 0.343. The minimum absolute atomic E-state index is 0.0739. The first-order chi connectivity index (χ1) is 15.3. The van der Waals surface area contributed by atoms with E-state index in [1.807, 2.05) is 25.1 Å². The number of nitrogens with zero attached hydrogens (tertiary/aromatic N) is 2. The fourth-order valence-corrected chi connectivity index (χ4v) is 3.93. The first-order valence-electron chi connectivity index (χ1n) is 10.5. The van der Waals surface area contributed by atoms with Crippen LogP contribution in [-0.4, -0.2) is 41.2 Å². The van der Waals surface area contributed by atoms with Crippen molar-refractivity contribution < 1.29 is 23.9 Å². The Balaban J connectivity index is 1.79. The third-order valence-electron chi connectivity index (χ3n) is 5.17. The number of ether oxygens (including phenoxy) is 1. The van der Waals surface area contributed by atoms with Crippen molar-refractivity contribution >= 4 is 41.0 Å². The van der Waals surface area contributed by atoms with E-state index in [1.165, 1.54) is 24.0 Å². The van der Waals surface area contributed by atoms with Crippen molar-refractivity contribution in [3.8, 4) is 5.75 Å². The molecule has 3 rings (SSSR count). The number of anilines is 1. The van der Waals surface area contributed by atoms with E-state index >= 15 is 0 Å². The molecule has 7 nitrogen and oxygen atoms in total. The first-order valence-corrected chi connectivity index (χ1v) is 10.9. The second-order valence-electron chi connectivity index (χ2n) is 7.59. The van der Waals surface area contributed by atoms with Crippen LogP contribution in [-0.2, 0) is 25.6 Å². The van der Waals surface area contributed by atoms with E-state index < -0.39 is 17.9 Å². The topological polar surface area (TPSA) is 84.0 Å². The number of hydrogen-bond donors (Lipinski definition) is 0. The lowest BCUT2D eigenvalue weighted by Crippen LogP contribution is -2.46. The van der Waals surface area contributed by atoms with Gasteiger partial charge in [-0.3, -0.25) is 19.2 Å². The summed E-state index contributed by atoms with van der Waals surface area (Å²) in [5, 5.41) is 0.601. The maximum Gasteiger partial charge on any atom is 0.308 e. The summed E-state index contributed by atoms with van der Waals surface area (Å²) in [7, 11) is 0. The number of carbonyl (C=O) groups is 4. The largest absolute Gasteiger partial charge is 0.427 e. The highest BCUT2D eigenvalue weighted by Crippen LogP contribution is 2.28. The summed E-state index contributed by atoms with van der Waals surface area (Å²) in [5.41, 5.74) is 1.32. The normalized spacial score (nSPS) is 15.7. The number of benzene rings is 2. The van der Waals surface area contributed by atoms with Gasteiger partial charge >= 0.3 is 5.97 Å². The Morgan fingerprint density at radius 3 is 2.50 bits per heavy atom. The summed E-state index contributed by atoms with van der Waals surface area (Å²) in [6.45, 7) is 3.49. The Morgan fingerprint density at radius 1 is 1.16 bits per heavy atom. The van der Waals surface area contributed by atoms with Gasteiger partial charge in [-0.25, -0.2) is 4.90 Å². The first kappa shape index (κ1) is 23.5. The smallest absolute Gasteiger partial charge is 0.308 e. The standard InChI is InChI=1S/C24H25ClN2O5/c1-3-5-22(29)26(13-12-17-6-4-7-18(25)14-17)21-15-23(30)27(24(21)31)19-8-10-20(11-9-19)32-16(2)28/h4,6-11,14,21H,3,5,12-13,15H2,1-2H3. The molecular formula is C24H25ClN2O5. The number of carbonyl (C=O) groups excluding carboxylic acids is 4. The van der Waals surface area contributed by atoms with Crippen molar-refractivity contribution in [3.05, 3.63) is 59.1 Å². The Labute approximate surface area is 191 Å². The molecule has 168 valence electrons. The summed E-state index contributed by atoms with van der Waals surface area (Å²) < 4.78 is 5.00. The van der Waals surface area contributed by atoms with E-state index in [4.69, 9.17) is 16.3 Å². The summed E-state index contributed by atoms with van der Waals surface area (Å²) in [6, 6.07) is 12.6. The second kappa shape index (κ2) is 10.4. The third-order valence-corrected chi connectivity index (χ3v) is 5.41. The number of imide groups is 1. The monoisotopic (exact) mass is 456 g/mol. The molecule has 0 saturated carbocycles. The van der Waals surface area contributed by atoms with Gasteiger partial charge in [-0.1, -0.05) is 30.7 Å². The zero-order valence-corrected chi connectivity index (χ0v) is 18.8. The average Bonchev–Trinajstić information content (AvgIpc) is 3.03. The van der Waals surface area contributed by atoms with Crippen LogP contribution in [0.4, 0.5) is 5.69 Å². The summed E-state index contributed by atoms with van der Waals surface area (Å²) in [4.78, 5) is 52.4. The molecule has 8 heteroatoms. The van der Waals surface area contributed by atoms with Gasteiger partial charge in [-0.15, -0.1) is 0 Å². The van der Waals surface area contributed by atoms with Gasteiger partial charge in [-0.2, -0.15) is 0 Å². The summed E-state index contributed by atoms with van der Waals surface area (Å²) in [5.74, 6) is -1.12. The molecule has 0 spiro atoms. The lowest BCUT2D eigenvalue weighted by molar-refractivity contribution is -0.138. The van der Waals surface area contributed by atoms with Crippen molar-refractivity contribution in [1.29, 1.82) is 0 Å². The van der Waals surface area contributed by atoms with E-state index in [2.05, 4.69) is 0 Å². The molecule has 2 aromatic rings. The molecule has 1 atom stereocenters. The number of hydrogen-bond acceptors (Lipinski definition) is 5. The minimum atomic E-state index is -0.853. The van der Waals surface area contributed by atoms with E-state index in [0.717, 1.165) is 10.5 Å². The summed E-state index contributed by atoms with van der Waals surface area (Å²) in [6.07, 6.45) is 1.38. The number of esters is 1. The number of rotatable bonds is 8. The van der Waals surface area contributed by atoms with Crippen molar-refractivity contribution in [2.24, 2.45) is 0 Å².